The van der Waals surface area contributed by atoms with E-state index in [1.165, 1.54) is 6.07 Å². The Bertz CT molecular complexity index is 626. The Hall–Kier alpha value is -2.23. The van der Waals surface area contributed by atoms with E-state index in [0.29, 0.717) is 12.1 Å². The Kier molecular flexibility index (Phi) is 4.68. The monoisotopic (exact) mass is 289 g/mol. The van der Waals surface area contributed by atoms with E-state index in [9.17, 15) is 9.50 Å². The van der Waals surface area contributed by atoms with Gasteiger partial charge >= 0.3 is 0 Å². The van der Waals surface area contributed by atoms with Crippen molar-refractivity contribution in [3.05, 3.63) is 53.3 Å². The molecule has 2 aromatic carbocycles. The second-order valence-electron chi connectivity index (χ2n) is 5.24. The number of anilines is 1. The maximum Gasteiger partial charge on any atom is 0.165 e. The molecule has 0 saturated heterocycles. The maximum atomic E-state index is 13.3. The van der Waals surface area contributed by atoms with Crippen molar-refractivity contribution in [1.82, 2.24) is 0 Å². The molecule has 112 valence electrons. The summed E-state index contributed by atoms with van der Waals surface area (Å²) >= 11 is 0. The van der Waals surface area contributed by atoms with Crippen molar-refractivity contribution in [2.45, 2.75) is 33.4 Å². The van der Waals surface area contributed by atoms with Crippen LogP contribution in [-0.4, -0.2) is 11.2 Å². The van der Waals surface area contributed by atoms with E-state index in [0.717, 1.165) is 17.0 Å². The molecule has 21 heavy (non-hydrogen) atoms. The molecule has 0 atom stereocenters. The standard InChI is InChI=1S/C17H20FNO2/c1-11(2)21-14-7-8-16(12(3)9-14)19-10-13-5-4-6-15(18)17(13)20/h4-9,11,19-20H,10H2,1-3H3. The van der Waals surface area contributed by atoms with Crippen molar-refractivity contribution in [3.8, 4) is 11.5 Å². The summed E-state index contributed by atoms with van der Waals surface area (Å²) in [6, 6.07) is 10.3. The van der Waals surface area contributed by atoms with E-state index in [1.807, 2.05) is 39.0 Å². The van der Waals surface area contributed by atoms with Crippen LogP contribution in [0.5, 0.6) is 11.5 Å². The SMILES string of the molecule is Cc1cc(OC(C)C)ccc1NCc1cccc(F)c1O. The first-order chi connectivity index (χ1) is 9.97. The van der Waals surface area contributed by atoms with Crippen molar-refractivity contribution >= 4 is 5.69 Å². The van der Waals surface area contributed by atoms with Gasteiger partial charge in [-0.05, 0) is 50.6 Å². The Labute approximate surface area is 124 Å². The third-order valence-electron chi connectivity index (χ3n) is 3.11. The van der Waals surface area contributed by atoms with Crippen LogP contribution in [0.4, 0.5) is 10.1 Å². The number of aryl methyl sites for hydroxylation is 1. The van der Waals surface area contributed by atoms with Gasteiger partial charge in [0.1, 0.15) is 5.75 Å². The molecule has 2 N–H and O–H groups in total. The molecule has 0 aromatic heterocycles. The lowest BCUT2D eigenvalue weighted by Gasteiger charge is -2.14. The molecule has 0 spiro atoms. The van der Waals surface area contributed by atoms with Gasteiger partial charge in [0.15, 0.2) is 11.6 Å². The number of para-hydroxylation sites is 1. The van der Waals surface area contributed by atoms with Gasteiger partial charge in [0.05, 0.1) is 6.10 Å². The normalized spacial score (nSPS) is 10.7. The van der Waals surface area contributed by atoms with Crippen LogP contribution >= 0.6 is 0 Å². The minimum atomic E-state index is -0.605. The molecule has 0 amide bonds. The molecule has 0 bridgehead atoms. The van der Waals surface area contributed by atoms with Gasteiger partial charge in [-0.15, -0.1) is 0 Å². The molecule has 0 radical (unpaired) electrons. The van der Waals surface area contributed by atoms with Crippen molar-refractivity contribution in [3.63, 3.8) is 0 Å². The highest BCUT2D eigenvalue weighted by Crippen LogP contribution is 2.25. The van der Waals surface area contributed by atoms with Crippen molar-refractivity contribution < 1.29 is 14.2 Å². The Morgan fingerprint density at radius 2 is 2.00 bits per heavy atom. The predicted octanol–water partition coefficient (Wildman–Crippen LogP) is 4.24. The first-order valence-electron chi connectivity index (χ1n) is 6.95. The third-order valence-corrected chi connectivity index (χ3v) is 3.11. The number of hydrogen-bond acceptors (Lipinski definition) is 3. The quantitative estimate of drug-likeness (QED) is 0.865. The van der Waals surface area contributed by atoms with Gasteiger partial charge in [-0.1, -0.05) is 12.1 Å². The van der Waals surface area contributed by atoms with Gasteiger partial charge in [-0.2, -0.15) is 0 Å². The van der Waals surface area contributed by atoms with Crippen LogP contribution in [0.15, 0.2) is 36.4 Å². The summed E-state index contributed by atoms with van der Waals surface area (Å²) in [5.74, 6) is -0.0872. The fraction of sp³-hybridized carbons (Fsp3) is 0.294. The first kappa shape index (κ1) is 15.2. The lowest BCUT2D eigenvalue weighted by atomic mass is 10.1. The smallest absolute Gasteiger partial charge is 0.165 e. The summed E-state index contributed by atoms with van der Waals surface area (Å²) in [7, 11) is 0. The van der Waals surface area contributed by atoms with Crippen LogP contribution in [0.25, 0.3) is 0 Å². The number of rotatable bonds is 5. The van der Waals surface area contributed by atoms with Gasteiger partial charge in [0, 0.05) is 17.8 Å². The third kappa shape index (κ3) is 3.88. The summed E-state index contributed by atoms with van der Waals surface area (Å²) < 4.78 is 18.9. The zero-order valence-corrected chi connectivity index (χ0v) is 12.5. The molecule has 3 nitrogen and oxygen atoms in total. The zero-order valence-electron chi connectivity index (χ0n) is 12.5. The Balaban J connectivity index is 2.08. The Morgan fingerprint density at radius 3 is 2.67 bits per heavy atom. The molecule has 0 unspecified atom stereocenters. The molecule has 4 heteroatoms. The number of benzene rings is 2. The number of phenolic OH excluding ortho intramolecular Hbond substituents is 1. The van der Waals surface area contributed by atoms with E-state index in [1.54, 1.807) is 12.1 Å². The molecule has 2 aromatic rings. The number of ether oxygens (including phenoxy) is 1. The fourth-order valence-electron chi connectivity index (χ4n) is 2.07. The molecular formula is C17H20FNO2. The van der Waals surface area contributed by atoms with Crippen LogP contribution in [0, 0.1) is 12.7 Å². The lowest BCUT2D eigenvalue weighted by molar-refractivity contribution is 0.242. The van der Waals surface area contributed by atoms with E-state index in [4.69, 9.17) is 4.74 Å². The number of aromatic hydroxyl groups is 1. The molecule has 0 saturated carbocycles. The van der Waals surface area contributed by atoms with E-state index in [-0.39, 0.29) is 11.9 Å². The number of phenols is 1. The summed E-state index contributed by atoms with van der Waals surface area (Å²) in [6.07, 6.45) is 0.132. The number of halogens is 1. The van der Waals surface area contributed by atoms with Crippen molar-refractivity contribution in [2.24, 2.45) is 0 Å². The van der Waals surface area contributed by atoms with Gasteiger partial charge in [-0.25, -0.2) is 4.39 Å². The van der Waals surface area contributed by atoms with Crippen LogP contribution in [0.2, 0.25) is 0 Å². The first-order valence-corrected chi connectivity index (χ1v) is 6.95. The minimum absolute atomic E-state index is 0.132. The molecule has 0 aliphatic rings. The second kappa shape index (κ2) is 6.48. The molecule has 0 heterocycles. The largest absolute Gasteiger partial charge is 0.505 e. The lowest BCUT2D eigenvalue weighted by Crippen LogP contribution is -2.06. The van der Waals surface area contributed by atoms with E-state index < -0.39 is 5.82 Å². The van der Waals surface area contributed by atoms with Crippen LogP contribution in [-0.2, 0) is 6.54 Å². The summed E-state index contributed by atoms with van der Waals surface area (Å²) in [5, 5.41) is 12.8. The van der Waals surface area contributed by atoms with Crippen molar-refractivity contribution in [1.29, 1.82) is 0 Å². The minimum Gasteiger partial charge on any atom is -0.505 e. The average Bonchev–Trinajstić information content (AvgIpc) is 2.41. The molecule has 0 aliphatic carbocycles. The molecular weight excluding hydrogens is 269 g/mol. The summed E-state index contributed by atoms with van der Waals surface area (Å²) in [4.78, 5) is 0. The van der Waals surface area contributed by atoms with E-state index in [2.05, 4.69) is 5.32 Å². The highest BCUT2D eigenvalue weighted by Gasteiger charge is 2.07. The number of nitrogens with one attached hydrogen (secondary N) is 1. The predicted molar refractivity (Wildman–Crippen MR) is 82.3 cm³/mol. The van der Waals surface area contributed by atoms with Crippen molar-refractivity contribution in [2.75, 3.05) is 5.32 Å². The van der Waals surface area contributed by atoms with Gasteiger partial charge in [0.2, 0.25) is 0 Å². The topological polar surface area (TPSA) is 41.5 Å². The van der Waals surface area contributed by atoms with Crippen LogP contribution in [0.1, 0.15) is 25.0 Å². The fourth-order valence-corrected chi connectivity index (χ4v) is 2.07. The number of hydrogen-bond donors (Lipinski definition) is 2. The van der Waals surface area contributed by atoms with Gasteiger partial charge in [-0.3, -0.25) is 0 Å². The van der Waals surface area contributed by atoms with E-state index >= 15 is 0 Å². The zero-order chi connectivity index (χ0) is 15.4. The molecule has 0 aliphatic heterocycles. The highest BCUT2D eigenvalue weighted by molar-refractivity contribution is 5.54. The maximum absolute atomic E-state index is 13.3. The second-order valence-corrected chi connectivity index (χ2v) is 5.24. The van der Waals surface area contributed by atoms with Crippen LogP contribution < -0.4 is 10.1 Å². The summed E-state index contributed by atoms with van der Waals surface area (Å²) in [6.45, 7) is 6.29. The van der Waals surface area contributed by atoms with Gasteiger partial charge < -0.3 is 15.2 Å². The average molecular weight is 289 g/mol. The summed E-state index contributed by atoms with van der Waals surface area (Å²) in [5.41, 5.74) is 2.48. The van der Waals surface area contributed by atoms with Gasteiger partial charge in [0.25, 0.3) is 0 Å². The Morgan fingerprint density at radius 1 is 1.24 bits per heavy atom. The highest BCUT2D eigenvalue weighted by atomic mass is 19.1. The molecule has 0 fully saturated rings. The molecule has 2 rings (SSSR count). The van der Waals surface area contributed by atoms with Crippen LogP contribution in [0.3, 0.4) is 0 Å².